The van der Waals surface area contributed by atoms with Crippen molar-refractivity contribution in [1.82, 2.24) is 0 Å². The summed E-state index contributed by atoms with van der Waals surface area (Å²) in [6, 6.07) is 10.2. The number of carbonyl (C=O) groups is 1. The van der Waals surface area contributed by atoms with Gasteiger partial charge in [0.1, 0.15) is 5.69 Å². The van der Waals surface area contributed by atoms with Crippen molar-refractivity contribution < 1.29 is 9.72 Å². The fourth-order valence-electron chi connectivity index (χ4n) is 2.58. The number of carbonyl (C=O) groups excluding carboxylic acids is 1. The van der Waals surface area contributed by atoms with Crippen molar-refractivity contribution in [2.45, 2.75) is 6.42 Å². The maximum Gasteiger partial charge on any atom is 0.294 e. The highest BCUT2D eigenvalue weighted by molar-refractivity contribution is 9.10. The van der Waals surface area contributed by atoms with Crippen LogP contribution >= 0.6 is 31.9 Å². The zero-order valence-electron chi connectivity index (χ0n) is 11.3. The van der Waals surface area contributed by atoms with Gasteiger partial charge in [-0.1, -0.05) is 31.9 Å². The predicted molar refractivity (Wildman–Crippen MR) is 90.3 cm³/mol. The molecule has 0 unspecified atom stereocenters. The number of nitrogens with zero attached hydrogens (tertiary/aromatic N) is 2. The molecule has 0 aliphatic carbocycles. The van der Waals surface area contributed by atoms with Crippen LogP contribution in [0.2, 0.25) is 0 Å². The Bertz CT molecular complexity index is 775. The van der Waals surface area contributed by atoms with Gasteiger partial charge in [0.25, 0.3) is 11.6 Å². The fourth-order valence-corrected chi connectivity index (χ4v) is 3.33. The normalized spacial score (nSPS) is 13.1. The predicted octanol–water partition coefficient (Wildman–Crippen LogP) is 4.32. The molecule has 0 aromatic heterocycles. The Hall–Kier alpha value is -1.73. The molecule has 0 atom stereocenters. The minimum Gasteiger partial charge on any atom is -0.302 e. The number of halogens is 2. The highest BCUT2D eigenvalue weighted by Crippen LogP contribution is 2.40. The molecule has 0 radical (unpaired) electrons. The van der Waals surface area contributed by atoms with Crippen molar-refractivity contribution in [3.63, 3.8) is 0 Å². The first-order valence-corrected chi connectivity index (χ1v) is 8.10. The summed E-state index contributed by atoms with van der Waals surface area (Å²) in [6.07, 6.45) is 0.609. The molecule has 0 spiro atoms. The SMILES string of the molecule is O=C(c1ccc(Br)cc1)N1CCc2cc(Br)cc([N+](=O)[O-])c21. The fraction of sp³-hybridized carbons (Fsp3) is 0.133. The lowest BCUT2D eigenvalue weighted by Gasteiger charge is -2.17. The Kier molecular flexibility index (Phi) is 4.01. The molecule has 0 saturated carbocycles. The molecule has 1 amide bonds. The number of nitro benzene ring substituents is 1. The lowest BCUT2D eigenvalue weighted by molar-refractivity contribution is -0.384. The summed E-state index contributed by atoms with van der Waals surface area (Å²) < 4.78 is 1.52. The van der Waals surface area contributed by atoms with Gasteiger partial charge in [-0.3, -0.25) is 14.9 Å². The number of hydrogen-bond acceptors (Lipinski definition) is 3. The summed E-state index contributed by atoms with van der Waals surface area (Å²) >= 11 is 6.60. The molecule has 7 heteroatoms. The van der Waals surface area contributed by atoms with Crippen LogP contribution in [0.4, 0.5) is 11.4 Å². The largest absolute Gasteiger partial charge is 0.302 e. The first-order chi connectivity index (χ1) is 10.5. The quantitative estimate of drug-likeness (QED) is 0.531. The molecular formula is C15H10Br2N2O3. The van der Waals surface area contributed by atoms with Gasteiger partial charge in [-0.15, -0.1) is 0 Å². The molecule has 1 aliphatic heterocycles. The summed E-state index contributed by atoms with van der Waals surface area (Å²) in [6.45, 7) is 0.446. The van der Waals surface area contributed by atoms with Crippen LogP contribution in [0.3, 0.4) is 0 Å². The van der Waals surface area contributed by atoms with Gasteiger partial charge in [0.2, 0.25) is 0 Å². The summed E-state index contributed by atoms with van der Waals surface area (Å²) in [4.78, 5) is 25.0. The van der Waals surface area contributed by atoms with Gasteiger partial charge in [0.15, 0.2) is 0 Å². The second-order valence-corrected chi connectivity index (χ2v) is 6.73. The third kappa shape index (κ3) is 2.66. The van der Waals surface area contributed by atoms with Gasteiger partial charge in [-0.05, 0) is 42.3 Å². The second kappa shape index (κ2) is 5.81. The first-order valence-electron chi connectivity index (χ1n) is 6.51. The van der Waals surface area contributed by atoms with Gasteiger partial charge in [0, 0.05) is 27.1 Å². The Morgan fingerprint density at radius 3 is 2.45 bits per heavy atom. The number of benzene rings is 2. The molecule has 5 nitrogen and oxygen atoms in total. The smallest absolute Gasteiger partial charge is 0.294 e. The minimum atomic E-state index is -0.448. The van der Waals surface area contributed by atoms with E-state index in [1.807, 2.05) is 6.07 Å². The molecule has 0 fully saturated rings. The van der Waals surface area contributed by atoms with E-state index in [1.54, 1.807) is 24.3 Å². The minimum absolute atomic E-state index is 0.0488. The summed E-state index contributed by atoms with van der Waals surface area (Å²) in [5, 5.41) is 11.3. The van der Waals surface area contributed by atoms with Gasteiger partial charge in [-0.25, -0.2) is 0 Å². The van der Waals surface area contributed by atoms with Crippen molar-refractivity contribution in [2.75, 3.05) is 11.4 Å². The van der Waals surface area contributed by atoms with Crippen LogP contribution in [0.15, 0.2) is 45.3 Å². The maximum atomic E-state index is 12.7. The van der Waals surface area contributed by atoms with Crippen molar-refractivity contribution in [3.05, 3.63) is 66.6 Å². The van der Waals surface area contributed by atoms with Gasteiger partial charge in [0.05, 0.1) is 4.92 Å². The Morgan fingerprint density at radius 1 is 1.14 bits per heavy atom. The van der Waals surface area contributed by atoms with Crippen molar-refractivity contribution in [2.24, 2.45) is 0 Å². The van der Waals surface area contributed by atoms with Gasteiger partial charge < -0.3 is 4.90 Å². The maximum absolute atomic E-state index is 12.7. The monoisotopic (exact) mass is 424 g/mol. The molecule has 0 bridgehead atoms. The van der Waals surface area contributed by atoms with E-state index < -0.39 is 4.92 Å². The zero-order chi connectivity index (χ0) is 15.9. The molecule has 3 rings (SSSR count). The Balaban J connectivity index is 2.05. The zero-order valence-corrected chi connectivity index (χ0v) is 14.4. The number of fused-ring (bicyclic) bond motifs is 1. The lowest BCUT2D eigenvalue weighted by Crippen LogP contribution is -2.29. The second-order valence-electron chi connectivity index (χ2n) is 4.90. The number of anilines is 1. The molecule has 2 aromatic rings. The Morgan fingerprint density at radius 2 is 1.82 bits per heavy atom. The highest BCUT2D eigenvalue weighted by atomic mass is 79.9. The first kappa shape index (κ1) is 15.2. The van der Waals surface area contributed by atoms with Crippen molar-refractivity contribution in [3.8, 4) is 0 Å². The number of amides is 1. The molecule has 1 aliphatic rings. The number of rotatable bonds is 2. The Labute approximate surface area is 143 Å². The van der Waals surface area contributed by atoms with Crippen molar-refractivity contribution in [1.29, 1.82) is 0 Å². The number of nitro groups is 1. The lowest BCUT2D eigenvalue weighted by atomic mass is 10.1. The van der Waals surface area contributed by atoms with E-state index in [1.165, 1.54) is 11.0 Å². The van der Waals surface area contributed by atoms with Crippen LogP contribution in [-0.4, -0.2) is 17.4 Å². The van der Waals surface area contributed by atoms with Crippen LogP contribution in [-0.2, 0) is 6.42 Å². The van der Waals surface area contributed by atoms with Crippen LogP contribution in [0.1, 0.15) is 15.9 Å². The molecule has 2 aromatic carbocycles. The molecule has 22 heavy (non-hydrogen) atoms. The average molecular weight is 426 g/mol. The van der Waals surface area contributed by atoms with Gasteiger partial charge >= 0.3 is 0 Å². The molecule has 0 saturated heterocycles. The molecule has 112 valence electrons. The highest BCUT2D eigenvalue weighted by Gasteiger charge is 2.33. The topological polar surface area (TPSA) is 63.5 Å². The van der Waals surface area contributed by atoms with E-state index in [0.29, 0.717) is 28.7 Å². The third-order valence-electron chi connectivity index (χ3n) is 3.54. The molecule has 1 heterocycles. The van der Waals surface area contributed by atoms with E-state index in [9.17, 15) is 14.9 Å². The summed E-state index contributed by atoms with van der Waals surface area (Å²) in [5.74, 6) is -0.225. The summed E-state index contributed by atoms with van der Waals surface area (Å²) in [7, 11) is 0. The van der Waals surface area contributed by atoms with E-state index >= 15 is 0 Å². The van der Waals surface area contributed by atoms with Crippen LogP contribution in [0, 0.1) is 10.1 Å². The van der Waals surface area contributed by atoms with Crippen LogP contribution in [0.25, 0.3) is 0 Å². The van der Waals surface area contributed by atoms with E-state index in [-0.39, 0.29) is 11.6 Å². The summed E-state index contributed by atoms with van der Waals surface area (Å²) in [5.41, 5.74) is 1.67. The average Bonchev–Trinajstić information content (AvgIpc) is 2.89. The van der Waals surface area contributed by atoms with Crippen LogP contribution < -0.4 is 4.90 Å². The van der Waals surface area contributed by atoms with Crippen molar-refractivity contribution >= 4 is 49.1 Å². The van der Waals surface area contributed by atoms with E-state index in [4.69, 9.17) is 0 Å². The standard InChI is InChI=1S/C15H10Br2N2O3/c16-11-3-1-9(2-4-11)15(20)18-6-5-10-7-12(17)8-13(14(10)18)19(21)22/h1-4,7-8H,5-6H2. The number of hydrogen-bond donors (Lipinski definition) is 0. The molecular weight excluding hydrogens is 416 g/mol. The molecule has 0 N–H and O–H groups in total. The van der Waals surface area contributed by atoms with Crippen LogP contribution in [0.5, 0.6) is 0 Å². The van der Waals surface area contributed by atoms with E-state index in [0.717, 1.165) is 10.0 Å². The third-order valence-corrected chi connectivity index (χ3v) is 4.53. The van der Waals surface area contributed by atoms with E-state index in [2.05, 4.69) is 31.9 Å². The van der Waals surface area contributed by atoms with Gasteiger partial charge in [-0.2, -0.15) is 0 Å².